The number of hydrogen-bond acceptors (Lipinski definition) is 2. The van der Waals surface area contributed by atoms with Crippen molar-refractivity contribution in [3.05, 3.63) is 35.1 Å². The van der Waals surface area contributed by atoms with E-state index in [1.54, 1.807) is 6.92 Å². The van der Waals surface area contributed by atoms with Gasteiger partial charge in [-0.15, -0.1) is 11.6 Å². The second-order valence-electron chi connectivity index (χ2n) is 2.89. The molecule has 1 unspecified atom stereocenters. The number of esters is 1. The molecule has 0 aliphatic heterocycles. The fraction of sp³-hybridized carbons (Fsp3) is 0.300. The molecule has 76 valence electrons. The first-order valence-electron chi connectivity index (χ1n) is 4.04. The van der Waals surface area contributed by atoms with Crippen molar-refractivity contribution in [1.82, 2.24) is 0 Å². The molecule has 0 aliphatic rings. The Kier molecular flexibility index (Phi) is 3.47. The molecule has 0 bridgehead atoms. The van der Waals surface area contributed by atoms with Gasteiger partial charge in [-0.2, -0.15) is 0 Å². The molecule has 2 nitrogen and oxygen atoms in total. The SMILES string of the molecule is COC(=O)C(Cl)c1ccc(F)cc1C. The molecule has 0 heterocycles. The average Bonchev–Trinajstić information content (AvgIpc) is 2.15. The maximum Gasteiger partial charge on any atom is 0.328 e. The number of ether oxygens (including phenoxy) is 1. The lowest BCUT2D eigenvalue weighted by atomic mass is 10.1. The van der Waals surface area contributed by atoms with Crippen molar-refractivity contribution in [1.29, 1.82) is 0 Å². The van der Waals surface area contributed by atoms with Gasteiger partial charge in [0.25, 0.3) is 0 Å². The smallest absolute Gasteiger partial charge is 0.328 e. The minimum atomic E-state index is -0.874. The second-order valence-corrected chi connectivity index (χ2v) is 3.32. The van der Waals surface area contributed by atoms with E-state index < -0.39 is 11.3 Å². The standard InChI is InChI=1S/C10H10ClFO2/c1-6-5-7(12)3-4-8(6)9(11)10(13)14-2/h3-5,9H,1-2H3. The Labute approximate surface area is 86.6 Å². The molecule has 0 N–H and O–H groups in total. The highest BCUT2D eigenvalue weighted by Crippen LogP contribution is 2.25. The number of alkyl halides is 1. The molecule has 0 saturated carbocycles. The van der Waals surface area contributed by atoms with Crippen LogP contribution in [0.3, 0.4) is 0 Å². The second kappa shape index (κ2) is 4.42. The monoisotopic (exact) mass is 216 g/mol. The summed E-state index contributed by atoms with van der Waals surface area (Å²) in [4.78, 5) is 11.1. The third-order valence-electron chi connectivity index (χ3n) is 1.91. The first kappa shape index (κ1) is 11.0. The van der Waals surface area contributed by atoms with Crippen LogP contribution in [0.15, 0.2) is 18.2 Å². The molecule has 1 aromatic rings. The molecule has 0 aromatic heterocycles. The van der Waals surface area contributed by atoms with Crippen molar-refractivity contribution >= 4 is 17.6 Å². The zero-order valence-corrected chi connectivity index (χ0v) is 8.64. The van der Waals surface area contributed by atoms with E-state index in [1.165, 1.54) is 25.3 Å². The number of rotatable bonds is 2. The summed E-state index contributed by atoms with van der Waals surface area (Å²) < 4.78 is 17.2. The lowest BCUT2D eigenvalue weighted by Crippen LogP contribution is -2.09. The van der Waals surface area contributed by atoms with Crippen LogP contribution in [-0.4, -0.2) is 13.1 Å². The van der Waals surface area contributed by atoms with Gasteiger partial charge in [-0.1, -0.05) is 6.07 Å². The van der Waals surface area contributed by atoms with Crippen molar-refractivity contribution in [2.75, 3.05) is 7.11 Å². The Morgan fingerprint density at radius 3 is 2.71 bits per heavy atom. The molecule has 0 aliphatic carbocycles. The molecule has 14 heavy (non-hydrogen) atoms. The van der Waals surface area contributed by atoms with Crippen molar-refractivity contribution in [2.45, 2.75) is 12.3 Å². The maximum absolute atomic E-state index is 12.7. The van der Waals surface area contributed by atoms with Crippen molar-refractivity contribution in [2.24, 2.45) is 0 Å². The van der Waals surface area contributed by atoms with Crippen LogP contribution in [0.1, 0.15) is 16.5 Å². The fourth-order valence-electron chi connectivity index (χ4n) is 1.15. The number of hydrogen-bond donors (Lipinski definition) is 0. The van der Waals surface area contributed by atoms with Gasteiger partial charge in [-0.05, 0) is 30.2 Å². The fourth-order valence-corrected chi connectivity index (χ4v) is 1.49. The quantitative estimate of drug-likeness (QED) is 0.561. The van der Waals surface area contributed by atoms with Crippen LogP contribution in [-0.2, 0) is 9.53 Å². The predicted molar refractivity (Wildman–Crippen MR) is 51.7 cm³/mol. The van der Waals surface area contributed by atoms with Crippen LogP contribution >= 0.6 is 11.6 Å². The summed E-state index contributed by atoms with van der Waals surface area (Å²) in [6.45, 7) is 1.69. The molecule has 1 aromatic carbocycles. The molecular weight excluding hydrogens is 207 g/mol. The van der Waals surface area contributed by atoms with Crippen LogP contribution < -0.4 is 0 Å². The maximum atomic E-state index is 12.7. The van der Waals surface area contributed by atoms with E-state index in [0.29, 0.717) is 11.1 Å². The molecule has 0 radical (unpaired) electrons. The molecule has 0 saturated heterocycles. The summed E-state index contributed by atoms with van der Waals surface area (Å²) in [5, 5.41) is -0.874. The minimum Gasteiger partial charge on any atom is -0.468 e. The Morgan fingerprint density at radius 1 is 1.57 bits per heavy atom. The van der Waals surface area contributed by atoms with Crippen molar-refractivity contribution in [3.8, 4) is 0 Å². The van der Waals surface area contributed by atoms with Gasteiger partial charge in [0.05, 0.1) is 7.11 Å². The van der Waals surface area contributed by atoms with Crippen LogP contribution in [0.4, 0.5) is 4.39 Å². The number of carbonyl (C=O) groups excluding carboxylic acids is 1. The summed E-state index contributed by atoms with van der Waals surface area (Å²) >= 11 is 5.82. The summed E-state index contributed by atoms with van der Waals surface area (Å²) in [5.41, 5.74) is 1.20. The molecule has 0 spiro atoms. The van der Waals surface area contributed by atoms with E-state index >= 15 is 0 Å². The average molecular weight is 217 g/mol. The summed E-state index contributed by atoms with van der Waals surface area (Å²) in [6, 6.07) is 4.08. The highest BCUT2D eigenvalue weighted by molar-refractivity contribution is 6.30. The molecule has 1 atom stereocenters. The van der Waals surface area contributed by atoms with Gasteiger partial charge in [0.2, 0.25) is 0 Å². The van der Waals surface area contributed by atoms with E-state index in [1.807, 2.05) is 0 Å². The van der Waals surface area contributed by atoms with Gasteiger partial charge in [-0.3, -0.25) is 4.79 Å². The Morgan fingerprint density at radius 2 is 2.21 bits per heavy atom. The highest BCUT2D eigenvalue weighted by Gasteiger charge is 2.19. The van der Waals surface area contributed by atoms with E-state index in [9.17, 15) is 9.18 Å². The van der Waals surface area contributed by atoms with Crippen LogP contribution in [0.25, 0.3) is 0 Å². The number of aryl methyl sites for hydroxylation is 1. The van der Waals surface area contributed by atoms with Gasteiger partial charge >= 0.3 is 5.97 Å². The first-order chi connectivity index (χ1) is 6.56. The topological polar surface area (TPSA) is 26.3 Å². The lowest BCUT2D eigenvalue weighted by Gasteiger charge is -2.10. The van der Waals surface area contributed by atoms with E-state index in [0.717, 1.165) is 0 Å². The van der Waals surface area contributed by atoms with E-state index in [-0.39, 0.29) is 5.82 Å². The molecule has 1 rings (SSSR count). The predicted octanol–water partition coefficient (Wildman–Crippen LogP) is 2.59. The normalized spacial score (nSPS) is 12.3. The summed E-state index contributed by atoms with van der Waals surface area (Å²) in [6.07, 6.45) is 0. The molecule has 4 heteroatoms. The molecule has 0 amide bonds. The van der Waals surface area contributed by atoms with Gasteiger partial charge in [-0.25, -0.2) is 4.39 Å². The van der Waals surface area contributed by atoms with Gasteiger partial charge in [0.1, 0.15) is 5.82 Å². The van der Waals surface area contributed by atoms with E-state index in [4.69, 9.17) is 11.6 Å². The Hall–Kier alpha value is -1.09. The number of methoxy groups -OCH3 is 1. The van der Waals surface area contributed by atoms with Crippen molar-refractivity contribution < 1.29 is 13.9 Å². The third kappa shape index (κ3) is 2.23. The van der Waals surface area contributed by atoms with Crippen LogP contribution in [0.2, 0.25) is 0 Å². The van der Waals surface area contributed by atoms with Crippen LogP contribution in [0.5, 0.6) is 0 Å². The summed E-state index contributed by atoms with van der Waals surface area (Å²) in [7, 11) is 1.26. The lowest BCUT2D eigenvalue weighted by molar-refractivity contribution is -0.140. The molecule has 0 fully saturated rings. The highest BCUT2D eigenvalue weighted by atomic mass is 35.5. The third-order valence-corrected chi connectivity index (χ3v) is 2.33. The zero-order valence-electron chi connectivity index (χ0n) is 7.88. The van der Waals surface area contributed by atoms with E-state index in [2.05, 4.69) is 4.74 Å². The van der Waals surface area contributed by atoms with Gasteiger partial charge in [0, 0.05) is 0 Å². The Balaban J connectivity index is 3.01. The largest absolute Gasteiger partial charge is 0.468 e. The first-order valence-corrected chi connectivity index (χ1v) is 4.48. The van der Waals surface area contributed by atoms with Gasteiger partial charge < -0.3 is 4.74 Å². The molecular formula is C10H10ClFO2. The number of carbonyl (C=O) groups is 1. The van der Waals surface area contributed by atoms with Crippen LogP contribution in [0, 0.1) is 12.7 Å². The van der Waals surface area contributed by atoms with Gasteiger partial charge in [0.15, 0.2) is 5.38 Å². The van der Waals surface area contributed by atoms with Crippen molar-refractivity contribution in [3.63, 3.8) is 0 Å². The zero-order chi connectivity index (χ0) is 10.7. The number of benzene rings is 1. The number of halogens is 2. The Bertz CT molecular complexity index is 352. The minimum absolute atomic E-state index is 0.347. The summed E-state index contributed by atoms with van der Waals surface area (Å²) in [5.74, 6) is -0.888.